The Morgan fingerprint density at radius 3 is 2.53 bits per heavy atom. The summed E-state index contributed by atoms with van der Waals surface area (Å²) < 4.78 is 24.6. The number of rotatable bonds is 6. The minimum atomic E-state index is -1.08. The maximum absolute atomic E-state index is 14.9. The average Bonchev–Trinajstić information content (AvgIpc) is 3.08. The Kier molecular flexibility index (Phi) is 9.32. The molecule has 1 N–H and O–H groups in total. The topological polar surface area (TPSA) is 107 Å². The van der Waals surface area contributed by atoms with Crippen molar-refractivity contribution in [3.63, 3.8) is 0 Å². The molecule has 0 aromatic heterocycles. The summed E-state index contributed by atoms with van der Waals surface area (Å²) >= 11 is 3.55. The molecule has 0 unspecified atom stereocenters. The molecule has 11 heteroatoms. The summed E-state index contributed by atoms with van der Waals surface area (Å²) in [7, 11) is 3.11. The van der Waals surface area contributed by atoms with Crippen LogP contribution in [0.25, 0.3) is 10.8 Å². The number of carbonyl (C=O) groups is 3. The fraction of sp³-hybridized carbons (Fsp3) is 0.441. The van der Waals surface area contributed by atoms with Gasteiger partial charge in [0.1, 0.15) is 34.8 Å². The molecule has 5 rings (SSSR count). The molecular weight excluding hydrogens is 642 g/mol. The van der Waals surface area contributed by atoms with Crippen molar-refractivity contribution in [2.45, 2.75) is 70.4 Å². The third-order valence-electron chi connectivity index (χ3n) is 8.36. The molecule has 45 heavy (non-hydrogen) atoms. The van der Waals surface area contributed by atoms with Gasteiger partial charge in [0.05, 0.1) is 32.6 Å². The number of para-hydroxylation sites is 2. The number of anilines is 1. The monoisotopic (exact) mass is 681 g/mol. The maximum Gasteiger partial charge on any atom is 0.410 e. The van der Waals surface area contributed by atoms with Gasteiger partial charge in [-0.2, -0.15) is 0 Å². The number of hydrogen-bond acceptors (Lipinski definition) is 7. The molecule has 2 atom stereocenters. The van der Waals surface area contributed by atoms with Gasteiger partial charge >= 0.3 is 6.09 Å². The normalized spacial score (nSPS) is 18.4. The van der Waals surface area contributed by atoms with Gasteiger partial charge in [0.2, 0.25) is 5.91 Å². The number of hydrogen-bond donors (Lipinski definition) is 1. The summed E-state index contributed by atoms with van der Waals surface area (Å²) in [6.07, 6.45) is 0.125. The summed E-state index contributed by atoms with van der Waals surface area (Å²) in [5, 5.41) is 4.91. The summed E-state index contributed by atoms with van der Waals surface area (Å²) in [6.45, 7) is 7.77. The molecule has 2 aliphatic heterocycles. The minimum absolute atomic E-state index is 0.160. The molecule has 1 spiro atoms. The molecule has 1 saturated heterocycles. The first-order valence-corrected chi connectivity index (χ1v) is 15.8. The van der Waals surface area contributed by atoms with Crippen LogP contribution in [0.1, 0.15) is 46.1 Å². The number of fused-ring (bicyclic) bond motifs is 2. The highest BCUT2D eigenvalue weighted by atomic mass is 79.9. The predicted molar refractivity (Wildman–Crippen MR) is 175 cm³/mol. The number of nitrogens with zero attached hydrogens (tertiary/aromatic N) is 2. The van der Waals surface area contributed by atoms with Crippen LogP contribution >= 0.6 is 15.9 Å². The van der Waals surface area contributed by atoms with Crippen LogP contribution in [0.4, 0.5) is 10.5 Å². The van der Waals surface area contributed by atoms with E-state index < -0.39 is 35.3 Å². The van der Waals surface area contributed by atoms with Gasteiger partial charge in [-0.15, -0.1) is 0 Å². The fourth-order valence-corrected chi connectivity index (χ4v) is 6.18. The highest BCUT2D eigenvalue weighted by molar-refractivity contribution is 9.10. The highest BCUT2D eigenvalue weighted by Gasteiger charge is 2.52. The second-order valence-electron chi connectivity index (χ2n) is 12.5. The number of amides is 3. The lowest BCUT2D eigenvalue weighted by atomic mass is 9.84. The van der Waals surface area contributed by atoms with E-state index in [4.69, 9.17) is 18.9 Å². The SMILES string of the molecule is COc1ccc2cc(Br)ccc2c1CN1C(=O)[C@@H](NC(=O)[C@H](C)N(C)C(=O)OC(C)(C)C)C2(CCOCC2)Oc2ccccc21. The zero-order valence-corrected chi connectivity index (χ0v) is 28.1. The summed E-state index contributed by atoms with van der Waals surface area (Å²) in [6, 6.07) is 15.2. The van der Waals surface area contributed by atoms with Crippen molar-refractivity contribution in [3.8, 4) is 11.5 Å². The molecule has 240 valence electrons. The Morgan fingerprint density at radius 1 is 1.13 bits per heavy atom. The molecule has 3 amide bonds. The number of likely N-dealkylation sites (N-methyl/N-ethyl adjacent to an activating group) is 1. The van der Waals surface area contributed by atoms with E-state index in [9.17, 15) is 14.4 Å². The smallest absolute Gasteiger partial charge is 0.410 e. The Hall–Kier alpha value is -3.83. The van der Waals surface area contributed by atoms with E-state index in [2.05, 4.69) is 21.2 Å². The highest BCUT2D eigenvalue weighted by Crippen LogP contribution is 2.43. The van der Waals surface area contributed by atoms with Gasteiger partial charge < -0.3 is 29.2 Å². The van der Waals surface area contributed by atoms with Gasteiger partial charge in [-0.3, -0.25) is 14.5 Å². The lowest BCUT2D eigenvalue weighted by molar-refractivity contribution is -0.139. The molecule has 1 fully saturated rings. The van der Waals surface area contributed by atoms with Gasteiger partial charge in [-0.05, 0) is 68.8 Å². The van der Waals surface area contributed by atoms with Crippen LogP contribution in [0.3, 0.4) is 0 Å². The zero-order valence-electron chi connectivity index (χ0n) is 26.5. The molecule has 10 nitrogen and oxygen atoms in total. The minimum Gasteiger partial charge on any atom is -0.496 e. The number of ether oxygens (including phenoxy) is 4. The van der Waals surface area contributed by atoms with Gasteiger partial charge in [0.15, 0.2) is 0 Å². The Morgan fingerprint density at radius 2 is 1.84 bits per heavy atom. The molecule has 0 saturated carbocycles. The summed E-state index contributed by atoms with van der Waals surface area (Å²) in [5.41, 5.74) is -0.408. The van der Waals surface area contributed by atoms with Gasteiger partial charge in [0.25, 0.3) is 5.91 Å². The molecule has 0 radical (unpaired) electrons. The number of halogens is 1. The van der Waals surface area contributed by atoms with Crippen molar-refractivity contribution < 1.29 is 33.3 Å². The quantitative estimate of drug-likeness (QED) is 0.349. The van der Waals surface area contributed by atoms with Crippen LogP contribution in [0, 0.1) is 0 Å². The maximum atomic E-state index is 14.9. The van der Waals surface area contributed by atoms with E-state index in [-0.39, 0.29) is 12.5 Å². The van der Waals surface area contributed by atoms with Crippen molar-refractivity contribution in [2.24, 2.45) is 0 Å². The van der Waals surface area contributed by atoms with Gasteiger partial charge in [-0.1, -0.05) is 40.2 Å². The van der Waals surface area contributed by atoms with E-state index in [1.807, 2.05) is 54.6 Å². The third kappa shape index (κ3) is 6.74. The molecule has 3 aromatic carbocycles. The van der Waals surface area contributed by atoms with Crippen LogP contribution in [-0.4, -0.2) is 73.5 Å². The van der Waals surface area contributed by atoms with Gasteiger partial charge in [-0.25, -0.2) is 4.79 Å². The van der Waals surface area contributed by atoms with Crippen LogP contribution in [0.5, 0.6) is 11.5 Å². The van der Waals surface area contributed by atoms with Crippen LogP contribution in [0.15, 0.2) is 59.1 Å². The number of carbonyl (C=O) groups excluding carboxylic acids is 3. The largest absolute Gasteiger partial charge is 0.496 e. The van der Waals surface area contributed by atoms with E-state index in [1.54, 1.807) is 39.7 Å². The first-order chi connectivity index (χ1) is 21.3. The number of methoxy groups -OCH3 is 1. The Labute approximate surface area is 272 Å². The van der Waals surface area contributed by atoms with Crippen LogP contribution in [-0.2, 0) is 25.6 Å². The van der Waals surface area contributed by atoms with Crippen molar-refractivity contribution in [1.82, 2.24) is 10.2 Å². The van der Waals surface area contributed by atoms with E-state index in [1.165, 1.54) is 11.9 Å². The summed E-state index contributed by atoms with van der Waals surface area (Å²) in [4.78, 5) is 44.4. The average molecular weight is 683 g/mol. The second kappa shape index (κ2) is 12.9. The lowest BCUT2D eigenvalue weighted by Crippen LogP contribution is -2.65. The molecule has 0 bridgehead atoms. The van der Waals surface area contributed by atoms with Crippen LogP contribution < -0.4 is 19.7 Å². The zero-order chi connectivity index (χ0) is 32.5. The van der Waals surface area contributed by atoms with E-state index in [0.29, 0.717) is 43.2 Å². The van der Waals surface area contributed by atoms with Crippen molar-refractivity contribution in [2.75, 3.05) is 32.3 Å². The first kappa shape index (κ1) is 32.6. The molecule has 3 aromatic rings. The molecule has 0 aliphatic carbocycles. The van der Waals surface area contributed by atoms with E-state index in [0.717, 1.165) is 20.8 Å². The molecule has 2 heterocycles. The third-order valence-corrected chi connectivity index (χ3v) is 8.86. The Bertz CT molecular complexity index is 1600. The lowest BCUT2D eigenvalue weighted by Gasteiger charge is -2.42. The van der Waals surface area contributed by atoms with Crippen molar-refractivity contribution in [3.05, 3.63) is 64.6 Å². The van der Waals surface area contributed by atoms with Gasteiger partial charge in [0, 0.05) is 29.9 Å². The summed E-state index contributed by atoms with van der Waals surface area (Å²) in [5.74, 6) is 0.327. The second-order valence-corrected chi connectivity index (χ2v) is 13.4. The number of nitrogens with one attached hydrogen (secondary N) is 1. The van der Waals surface area contributed by atoms with Crippen LogP contribution in [0.2, 0.25) is 0 Å². The molecular formula is C34H40BrN3O7. The Balaban J connectivity index is 1.56. The predicted octanol–water partition coefficient (Wildman–Crippen LogP) is 5.83. The van der Waals surface area contributed by atoms with Crippen molar-refractivity contribution >= 4 is 50.3 Å². The van der Waals surface area contributed by atoms with E-state index >= 15 is 0 Å². The van der Waals surface area contributed by atoms with Crippen molar-refractivity contribution in [1.29, 1.82) is 0 Å². The molecule has 2 aliphatic rings. The first-order valence-electron chi connectivity index (χ1n) is 15.0. The number of benzene rings is 3. The standard InChI is InChI=1S/C34H40BrN3O7/c1-21(37(5)32(41)45-33(2,3)4)30(39)36-29-31(40)38(20-25-24-13-12-23(35)19-22(24)11-14-27(25)42-6)26-9-7-8-10-28(26)44-34(29)15-17-43-18-16-34/h7-14,19,21,29H,15-18,20H2,1-6H3,(H,36,39)/t21-,29+/m0/s1. The fourth-order valence-electron chi connectivity index (χ4n) is 5.80.